The molecule has 2 aromatic carbocycles. The average Bonchev–Trinajstić information content (AvgIpc) is 3.45. The van der Waals surface area contributed by atoms with Gasteiger partial charge in [0.15, 0.2) is 0 Å². The van der Waals surface area contributed by atoms with Crippen molar-refractivity contribution in [1.29, 1.82) is 0 Å². The number of para-hydroxylation sites is 1. The van der Waals surface area contributed by atoms with Gasteiger partial charge in [-0.05, 0) is 50.2 Å². The van der Waals surface area contributed by atoms with Crippen LogP contribution < -0.4 is 9.47 Å². The van der Waals surface area contributed by atoms with Crippen molar-refractivity contribution in [3.63, 3.8) is 0 Å². The second-order valence-corrected chi connectivity index (χ2v) is 7.53. The summed E-state index contributed by atoms with van der Waals surface area (Å²) in [4.78, 5) is 0. The molecular weight excluding hydrogens is 404 g/mol. The highest BCUT2D eigenvalue weighted by Crippen LogP contribution is 2.37. The van der Waals surface area contributed by atoms with E-state index in [9.17, 15) is 0 Å². The fraction of sp³-hybridized carbons (Fsp3) is 0.238. The predicted molar refractivity (Wildman–Crippen MR) is 111 cm³/mol. The van der Waals surface area contributed by atoms with Gasteiger partial charge in [-0.1, -0.05) is 23.9 Å². The number of methoxy groups -OCH3 is 1. The number of aromatic nitrogens is 4. The molecule has 154 valence electrons. The molecule has 0 saturated heterocycles. The molecule has 9 heteroatoms. The van der Waals surface area contributed by atoms with Crippen LogP contribution in [0.25, 0.3) is 22.9 Å². The van der Waals surface area contributed by atoms with E-state index in [1.807, 2.05) is 62.4 Å². The van der Waals surface area contributed by atoms with Crippen molar-refractivity contribution < 1.29 is 18.3 Å². The highest BCUT2D eigenvalue weighted by molar-refractivity contribution is 7.99. The minimum absolute atomic E-state index is 0.167. The normalized spacial score (nSPS) is 12.0. The Balaban J connectivity index is 1.47. The molecule has 0 fully saturated rings. The van der Waals surface area contributed by atoms with Crippen molar-refractivity contribution in [2.75, 3.05) is 13.7 Å². The fourth-order valence-electron chi connectivity index (χ4n) is 2.74. The van der Waals surface area contributed by atoms with Crippen LogP contribution in [-0.2, 0) is 0 Å². The lowest BCUT2D eigenvalue weighted by atomic mass is 10.2. The molecule has 0 unspecified atom stereocenters. The van der Waals surface area contributed by atoms with E-state index in [0.717, 1.165) is 16.9 Å². The van der Waals surface area contributed by atoms with Crippen LogP contribution in [0.2, 0.25) is 0 Å². The van der Waals surface area contributed by atoms with Crippen LogP contribution in [0.15, 0.2) is 62.6 Å². The lowest BCUT2D eigenvalue weighted by molar-refractivity contribution is 0.340. The number of thioether (sulfide) groups is 1. The molecule has 8 nitrogen and oxygen atoms in total. The summed E-state index contributed by atoms with van der Waals surface area (Å²) in [6, 6.07) is 15.0. The Kier molecular flexibility index (Phi) is 5.99. The predicted octanol–water partition coefficient (Wildman–Crippen LogP) is 5.05. The van der Waals surface area contributed by atoms with Gasteiger partial charge in [-0.3, -0.25) is 0 Å². The third-order valence-corrected chi connectivity index (χ3v) is 5.15. The second-order valence-electron chi connectivity index (χ2n) is 6.24. The van der Waals surface area contributed by atoms with Crippen LogP contribution in [-0.4, -0.2) is 34.1 Å². The maximum absolute atomic E-state index is 5.83. The zero-order chi connectivity index (χ0) is 20.9. The molecule has 0 saturated carbocycles. The van der Waals surface area contributed by atoms with Crippen molar-refractivity contribution in [3.05, 3.63) is 54.4 Å². The molecule has 1 atom stereocenters. The van der Waals surface area contributed by atoms with Gasteiger partial charge in [-0.15, -0.1) is 20.4 Å². The van der Waals surface area contributed by atoms with Crippen molar-refractivity contribution in [1.82, 2.24) is 20.4 Å². The van der Waals surface area contributed by atoms with E-state index in [1.54, 1.807) is 7.11 Å². The highest BCUT2D eigenvalue weighted by Gasteiger charge is 2.20. The van der Waals surface area contributed by atoms with E-state index in [4.69, 9.17) is 18.3 Å². The van der Waals surface area contributed by atoms with Crippen LogP contribution in [0.5, 0.6) is 11.5 Å². The van der Waals surface area contributed by atoms with E-state index in [2.05, 4.69) is 20.4 Å². The maximum Gasteiger partial charge on any atom is 0.277 e. The molecule has 0 aliphatic heterocycles. The van der Waals surface area contributed by atoms with Crippen molar-refractivity contribution in [2.24, 2.45) is 0 Å². The van der Waals surface area contributed by atoms with Crippen LogP contribution in [0.4, 0.5) is 0 Å². The molecule has 0 aliphatic rings. The van der Waals surface area contributed by atoms with Gasteiger partial charge in [0.2, 0.25) is 11.8 Å². The molecule has 2 heterocycles. The monoisotopic (exact) mass is 424 g/mol. The van der Waals surface area contributed by atoms with Crippen molar-refractivity contribution in [2.45, 2.75) is 24.3 Å². The van der Waals surface area contributed by atoms with Gasteiger partial charge < -0.3 is 18.3 Å². The molecule has 0 spiro atoms. The molecule has 30 heavy (non-hydrogen) atoms. The van der Waals surface area contributed by atoms with Gasteiger partial charge in [0.05, 0.1) is 24.5 Å². The smallest absolute Gasteiger partial charge is 0.277 e. The largest absolute Gasteiger partial charge is 0.497 e. The van der Waals surface area contributed by atoms with Crippen LogP contribution in [0.1, 0.15) is 25.0 Å². The molecule has 4 rings (SSSR count). The van der Waals surface area contributed by atoms with Gasteiger partial charge in [0, 0.05) is 5.56 Å². The van der Waals surface area contributed by atoms with Crippen LogP contribution >= 0.6 is 11.8 Å². The lowest BCUT2D eigenvalue weighted by Crippen LogP contribution is -1.93. The second kappa shape index (κ2) is 9.00. The van der Waals surface area contributed by atoms with E-state index in [1.165, 1.54) is 11.8 Å². The Morgan fingerprint density at radius 2 is 1.70 bits per heavy atom. The zero-order valence-corrected chi connectivity index (χ0v) is 17.5. The Hall–Kier alpha value is -3.33. The number of hydrogen-bond acceptors (Lipinski definition) is 9. The third kappa shape index (κ3) is 4.30. The quantitative estimate of drug-likeness (QED) is 0.360. The summed E-state index contributed by atoms with van der Waals surface area (Å²) < 4.78 is 22.5. The van der Waals surface area contributed by atoms with Gasteiger partial charge in [-0.2, -0.15) is 0 Å². The summed E-state index contributed by atoms with van der Waals surface area (Å²) in [6.45, 7) is 4.42. The summed E-state index contributed by atoms with van der Waals surface area (Å²) in [5, 5.41) is 16.8. The minimum atomic E-state index is -0.167. The first-order valence-electron chi connectivity index (χ1n) is 9.38. The number of nitrogens with zero attached hydrogens (tertiary/aromatic N) is 4. The van der Waals surface area contributed by atoms with E-state index in [0.29, 0.717) is 35.3 Å². The number of hydrogen-bond donors (Lipinski definition) is 0. The molecule has 0 radical (unpaired) electrons. The summed E-state index contributed by atoms with van der Waals surface area (Å²) in [5.74, 6) is 2.78. The summed E-state index contributed by atoms with van der Waals surface area (Å²) >= 11 is 1.35. The Morgan fingerprint density at radius 1 is 0.933 bits per heavy atom. The third-order valence-electron chi connectivity index (χ3n) is 4.23. The molecular formula is C21H20N4O4S. The first-order valence-corrected chi connectivity index (χ1v) is 10.3. The summed E-state index contributed by atoms with van der Waals surface area (Å²) in [7, 11) is 1.62. The Labute approximate surface area is 177 Å². The lowest BCUT2D eigenvalue weighted by Gasteiger charge is -2.06. The Bertz CT molecular complexity index is 1110. The van der Waals surface area contributed by atoms with Crippen LogP contribution in [0.3, 0.4) is 0 Å². The maximum atomic E-state index is 5.83. The van der Waals surface area contributed by atoms with Gasteiger partial charge >= 0.3 is 0 Å². The average molecular weight is 424 g/mol. The molecule has 2 aromatic heterocycles. The van der Waals surface area contributed by atoms with E-state index in [-0.39, 0.29) is 5.25 Å². The number of ether oxygens (including phenoxy) is 2. The minimum Gasteiger partial charge on any atom is -0.497 e. The summed E-state index contributed by atoms with van der Waals surface area (Å²) in [6.07, 6.45) is 0. The fourth-order valence-corrected chi connectivity index (χ4v) is 3.46. The standard InChI is InChI=1S/C21H20N4O4S/c1-4-27-17-8-6-5-7-16(17)20-24-25-21(29-20)30-13(2)18-22-23-19(28-18)14-9-11-15(26-3)12-10-14/h5-13H,4H2,1-3H3/t13-/m0/s1. The number of benzene rings is 2. The first kappa shape index (κ1) is 20.0. The molecule has 0 aliphatic carbocycles. The van der Waals surface area contributed by atoms with Crippen molar-refractivity contribution >= 4 is 11.8 Å². The van der Waals surface area contributed by atoms with Gasteiger partial charge in [0.1, 0.15) is 11.5 Å². The van der Waals surface area contributed by atoms with Crippen LogP contribution in [0, 0.1) is 0 Å². The first-order chi connectivity index (χ1) is 14.7. The van der Waals surface area contributed by atoms with E-state index < -0.39 is 0 Å². The SMILES string of the molecule is CCOc1ccccc1-c1nnc(S[C@@H](C)c2nnc(-c3ccc(OC)cc3)o2)o1. The molecule has 0 bridgehead atoms. The highest BCUT2D eigenvalue weighted by atomic mass is 32.2. The number of rotatable bonds is 8. The van der Waals surface area contributed by atoms with Gasteiger partial charge in [0.25, 0.3) is 11.1 Å². The van der Waals surface area contributed by atoms with Crippen molar-refractivity contribution in [3.8, 4) is 34.4 Å². The topological polar surface area (TPSA) is 96.3 Å². The Morgan fingerprint density at radius 3 is 2.47 bits per heavy atom. The summed E-state index contributed by atoms with van der Waals surface area (Å²) in [5.41, 5.74) is 1.57. The van der Waals surface area contributed by atoms with E-state index >= 15 is 0 Å². The van der Waals surface area contributed by atoms with Gasteiger partial charge in [-0.25, -0.2) is 0 Å². The molecule has 0 amide bonds. The molecule has 4 aromatic rings. The molecule has 0 N–H and O–H groups in total. The zero-order valence-electron chi connectivity index (χ0n) is 16.7.